The summed E-state index contributed by atoms with van der Waals surface area (Å²) in [5, 5.41) is 7.72. The number of hydrogen-bond acceptors (Lipinski definition) is 4. The lowest BCUT2D eigenvalue weighted by molar-refractivity contribution is 0.0726. The summed E-state index contributed by atoms with van der Waals surface area (Å²) in [6.07, 6.45) is 7.34. The summed E-state index contributed by atoms with van der Waals surface area (Å²) in [6, 6.07) is 3.33. The fourth-order valence-electron chi connectivity index (χ4n) is 3.38. The summed E-state index contributed by atoms with van der Waals surface area (Å²) >= 11 is 0. The highest BCUT2D eigenvalue weighted by Gasteiger charge is 2.33. The third kappa shape index (κ3) is 3.60. The van der Waals surface area contributed by atoms with Crippen molar-refractivity contribution in [3.63, 3.8) is 0 Å². The molecule has 2 aromatic heterocycles. The van der Waals surface area contributed by atoms with Gasteiger partial charge in [0.15, 0.2) is 0 Å². The maximum Gasteiger partial charge on any atom is 0.254 e. The van der Waals surface area contributed by atoms with Gasteiger partial charge in [0.25, 0.3) is 11.5 Å². The van der Waals surface area contributed by atoms with Crippen LogP contribution >= 0.6 is 0 Å². The normalized spacial score (nSPS) is 18.4. The lowest BCUT2D eigenvalue weighted by Gasteiger charge is -2.30. The molecule has 7 nitrogen and oxygen atoms in total. The van der Waals surface area contributed by atoms with E-state index in [9.17, 15) is 9.59 Å². The van der Waals surface area contributed by atoms with E-state index in [4.69, 9.17) is 0 Å². The third-order valence-electron chi connectivity index (χ3n) is 4.84. The van der Waals surface area contributed by atoms with Gasteiger partial charge in [-0.25, -0.2) is 0 Å². The second-order valence-electron chi connectivity index (χ2n) is 6.59. The Kier molecular flexibility index (Phi) is 4.92. The molecule has 1 amide bonds. The van der Waals surface area contributed by atoms with Gasteiger partial charge in [-0.2, -0.15) is 5.10 Å². The van der Waals surface area contributed by atoms with Gasteiger partial charge in [-0.1, -0.05) is 0 Å². The van der Waals surface area contributed by atoms with Gasteiger partial charge in [0.05, 0.1) is 17.9 Å². The molecular weight excluding hydrogens is 318 g/mol. The summed E-state index contributed by atoms with van der Waals surface area (Å²) in [5.74, 6) is -0.0712. The number of nitrogens with one attached hydrogen (secondary N) is 1. The Hall–Kier alpha value is -2.57. The molecule has 0 radical (unpaired) electrons. The molecular formula is C18H25N5O2. The summed E-state index contributed by atoms with van der Waals surface area (Å²) < 4.78 is 3.33. The summed E-state index contributed by atoms with van der Waals surface area (Å²) in [5.41, 5.74) is 1.25. The average Bonchev–Trinajstić information content (AvgIpc) is 3.25. The van der Waals surface area contributed by atoms with Crippen LogP contribution in [-0.4, -0.2) is 43.8 Å². The van der Waals surface area contributed by atoms with Crippen LogP contribution in [0.1, 0.15) is 37.0 Å². The minimum atomic E-state index is -0.167. The van der Waals surface area contributed by atoms with Gasteiger partial charge < -0.3 is 14.8 Å². The smallest absolute Gasteiger partial charge is 0.254 e. The van der Waals surface area contributed by atoms with Crippen molar-refractivity contribution in [1.29, 1.82) is 0 Å². The molecule has 0 aliphatic carbocycles. The zero-order valence-electron chi connectivity index (χ0n) is 15.0. The molecule has 0 spiro atoms. The average molecular weight is 343 g/mol. The van der Waals surface area contributed by atoms with Crippen LogP contribution in [0.2, 0.25) is 0 Å². The topological polar surface area (TPSA) is 72.2 Å². The first-order chi connectivity index (χ1) is 12.0. The highest BCUT2D eigenvalue weighted by Crippen LogP contribution is 2.24. The first-order valence-corrected chi connectivity index (χ1v) is 8.76. The van der Waals surface area contributed by atoms with Crippen LogP contribution < -0.4 is 10.9 Å². The van der Waals surface area contributed by atoms with E-state index in [2.05, 4.69) is 17.3 Å². The number of anilines is 1. The molecule has 1 aliphatic heterocycles. The number of pyridine rings is 1. The molecule has 134 valence electrons. The van der Waals surface area contributed by atoms with Crippen LogP contribution in [-0.2, 0) is 13.6 Å². The van der Waals surface area contributed by atoms with E-state index in [1.54, 1.807) is 19.3 Å². The molecule has 2 atom stereocenters. The Morgan fingerprint density at radius 2 is 2.28 bits per heavy atom. The van der Waals surface area contributed by atoms with E-state index in [1.807, 2.05) is 28.9 Å². The Bertz CT molecular complexity index is 810. The second-order valence-corrected chi connectivity index (χ2v) is 6.59. The van der Waals surface area contributed by atoms with Gasteiger partial charge in [0.2, 0.25) is 0 Å². The number of rotatable bonds is 5. The first-order valence-electron chi connectivity index (χ1n) is 8.76. The Labute approximate surface area is 147 Å². The number of aryl methyl sites for hydroxylation is 2. The predicted molar refractivity (Wildman–Crippen MR) is 96.7 cm³/mol. The van der Waals surface area contributed by atoms with E-state index < -0.39 is 0 Å². The lowest BCUT2D eigenvalue weighted by atomic mass is 10.1. The molecule has 1 N–H and O–H groups in total. The minimum Gasteiger partial charge on any atom is -0.378 e. The van der Waals surface area contributed by atoms with Crippen molar-refractivity contribution in [2.45, 2.75) is 45.3 Å². The van der Waals surface area contributed by atoms with Crippen LogP contribution in [0.3, 0.4) is 0 Å². The predicted octanol–water partition coefficient (Wildman–Crippen LogP) is 1.71. The molecule has 25 heavy (non-hydrogen) atoms. The van der Waals surface area contributed by atoms with E-state index in [-0.39, 0.29) is 23.6 Å². The molecule has 1 saturated heterocycles. The van der Waals surface area contributed by atoms with Gasteiger partial charge in [-0.05, 0) is 32.8 Å². The lowest BCUT2D eigenvalue weighted by Crippen LogP contribution is -2.44. The number of nitrogens with zero attached hydrogens (tertiary/aromatic N) is 4. The molecule has 0 aromatic carbocycles. The maximum atomic E-state index is 12.9. The minimum absolute atomic E-state index is 0.0712. The summed E-state index contributed by atoms with van der Waals surface area (Å²) in [7, 11) is 1.68. The molecule has 2 aromatic rings. The number of carbonyl (C=O) groups excluding carboxylic acids is 1. The summed E-state index contributed by atoms with van der Waals surface area (Å²) in [4.78, 5) is 26.6. The molecule has 7 heteroatoms. The quantitative estimate of drug-likeness (QED) is 0.897. The Morgan fingerprint density at radius 3 is 2.96 bits per heavy atom. The van der Waals surface area contributed by atoms with Crippen molar-refractivity contribution < 1.29 is 4.79 Å². The molecule has 0 saturated carbocycles. The van der Waals surface area contributed by atoms with Gasteiger partial charge in [0, 0.05) is 50.2 Å². The van der Waals surface area contributed by atoms with Gasteiger partial charge in [-0.3, -0.25) is 14.3 Å². The highest BCUT2D eigenvalue weighted by atomic mass is 16.2. The van der Waals surface area contributed by atoms with E-state index in [0.29, 0.717) is 5.56 Å². The zero-order valence-corrected chi connectivity index (χ0v) is 15.0. The van der Waals surface area contributed by atoms with Crippen LogP contribution in [0, 0.1) is 0 Å². The molecule has 1 fully saturated rings. The second kappa shape index (κ2) is 7.13. The molecule has 3 rings (SSSR count). The van der Waals surface area contributed by atoms with Crippen LogP contribution in [0.15, 0.2) is 35.5 Å². The Morgan fingerprint density at radius 1 is 1.48 bits per heavy atom. The van der Waals surface area contributed by atoms with Crippen LogP contribution in [0.25, 0.3) is 0 Å². The standard InChI is InChI=1S/C18H25N5O2/c1-4-22-12-15(11-19-22)20-13(2)16-6-5-8-23(16)18(25)14-7-9-21(3)17(24)10-14/h7,9-13,16,20H,4-6,8H2,1-3H3/t13?,16-/m0/s1. The Balaban J connectivity index is 1.73. The fourth-order valence-corrected chi connectivity index (χ4v) is 3.38. The van der Waals surface area contributed by atoms with Crippen LogP contribution in [0.5, 0.6) is 0 Å². The fraction of sp³-hybridized carbons (Fsp3) is 0.500. The van der Waals surface area contributed by atoms with Gasteiger partial charge in [-0.15, -0.1) is 0 Å². The SMILES string of the molecule is CCn1cc(NC(C)[C@@H]2CCCN2C(=O)c2ccn(C)c(=O)c2)cn1. The van der Waals surface area contributed by atoms with Crippen molar-refractivity contribution >= 4 is 11.6 Å². The van der Waals surface area contributed by atoms with Crippen molar-refractivity contribution in [3.05, 3.63) is 46.6 Å². The maximum absolute atomic E-state index is 12.9. The number of likely N-dealkylation sites (tertiary alicyclic amines) is 1. The zero-order chi connectivity index (χ0) is 18.0. The molecule has 3 heterocycles. The molecule has 0 bridgehead atoms. The highest BCUT2D eigenvalue weighted by molar-refractivity contribution is 5.94. The van der Waals surface area contributed by atoms with Crippen molar-refractivity contribution in [2.24, 2.45) is 7.05 Å². The van der Waals surface area contributed by atoms with E-state index >= 15 is 0 Å². The third-order valence-corrected chi connectivity index (χ3v) is 4.84. The van der Waals surface area contributed by atoms with Crippen molar-refractivity contribution in [2.75, 3.05) is 11.9 Å². The van der Waals surface area contributed by atoms with Crippen molar-refractivity contribution in [3.8, 4) is 0 Å². The summed E-state index contributed by atoms with van der Waals surface area (Å²) in [6.45, 7) is 5.68. The number of hydrogen-bond donors (Lipinski definition) is 1. The van der Waals surface area contributed by atoms with E-state index in [0.717, 1.165) is 31.6 Å². The first kappa shape index (κ1) is 17.3. The van der Waals surface area contributed by atoms with Crippen LogP contribution in [0.4, 0.5) is 5.69 Å². The van der Waals surface area contributed by atoms with Crippen molar-refractivity contribution in [1.82, 2.24) is 19.2 Å². The monoisotopic (exact) mass is 343 g/mol. The largest absolute Gasteiger partial charge is 0.378 e. The molecule has 1 unspecified atom stereocenters. The van der Waals surface area contributed by atoms with E-state index in [1.165, 1.54) is 10.6 Å². The number of amides is 1. The van der Waals surface area contributed by atoms with Gasteiger partial charge in [0.1, 0.15) is 0 Å². The number of aromatic nitrogens is 3. The number of carbonyl (C=O) groups is 1. The van der Waals surface area contributed by atoms with Gasteiger partial charge >= 0.3 is 0 Å². The molecule has 1 aliphatic rings.